The molecular formula is C18H22N2O3. The normalized spacial score (nSPS) is 22.8. The van der Waals surface area contributed by atoms with E-state index >= 15 is 0 Å². The van der Waals surface area contributed by atoms with Gasteiger partial charge in [-0.25, -0.2) is 0 Å². The zero-order chi connectivity index (χ0) is 16.3. The summed E-state index contributed by atoms with van der Waals surface area (Å²) in [7, 11) is 1.61. The van der Waals surface area contributed by atoms with Crippen LogP contribution in [0.25, 0.3) is 0 Å². The van der Waals surface area contributed by atoms with Crippen molar-refractivity contribution < 1.29 is 14.3 Å². The lowest BCUT2D eigenvalue weighted by atomic mass is 9.77. The number of methoxy groups -OCH3 is 1. The molecule has 122 valence electrons. The zero-order valence-corrected chi connectivity index (χ0v) is 13.4. The fourth-order valence-corrected chi connectivity index (χ4v) is 3.42. The number of carbonyl (C=O) groups is 2. The van der Waals surface area contributed by atoms with E-state index in [1.54, 1.807) is 7.11 Å². The largest absolute Gasteiger partial charge is 0.497 e. The molecule has 1 fully saturated rings. The van der Waals surface area contributed by atoms with E-state index in [0.29, 0.717) is 19.4 Å². The minimum absolute atomic E-state index is 0.00391. The molecule has 0 bridgehead atoms. The molecule has 1 aromatic rings. The van der Waals surface area contributed by atoms with Crippen LogP contribution in [0.15, 0.2) is 36.0 Å². The molecule has 1 aromatic carbocycles. The summed E-state index contributed by atoms with van der Waals surface area (Å²) in [5, 5.41) is 6.01. The molecule has 0 saturated carbocycles. The van der Waals surface area contributed by atoms with Crippen LogP contribution in [-0.4, -0.2) is 25.5 Å². The van der Waals surface area contributed by atoms with E-state index in [1.165, 1.54) is 0 Å². The first-order chi connectivity index (χ1) is 11.1. The Morgan fingerprint density at radius 2 is 2.26 bits per heavy atom. The lowest BCUT2D eigenvalue weighted by Crippen LogP contribution is -2.46. The van der Waals surface area contributed by atoms with E-state index in [-0.39, 0.29) is 17.2 Å². The van der Waals surface area contributed by atoms with Crippen molar-refractivity contribution in [3.8, 4) is 5.75 Å². The third-order valence-corrected chi connectivity index (χ3v) is 4.77. The highest BCUT2D eigenvalue weighted by atomic mass is 16.5. The third kappa shape index (κ3) is 3.38. The van der Waals surface area contributed by atoms with Crippen molar-refractivity contribution >= 4 is 11.8 Å². The first-order valence-electron chi connectivity index (χ1n) is 8.01. The fraction of sp³-hybridized carbons (Fsp3) is 0.444. The summed E-state index contributed by atoms with van der Waals surface area (Å²) >= 11 is 0. The Hall–Kier alpha value is -2.30. The monoisotopic (exact) mass is 314 g/mol. The van der Waals surface area contributed by atoms with Gasteiger partial charge in [0.1, 0.15) is 5.75 Å². The molecule has 1 atom stereocenters. The molecular weight excluding hydrogens is 292 g/mol. The number of allylic oxidation sites excluding steroid dienone is 1. The molecule has 1 aliphatic heterocycles. The van der Waals surface area contributed by atoms with Gasteiger partial charge in [0.05, 0.1) is 13.5 Å². The summed E-state index contributed by atoms with van der Waals surface area (Å²) in [6, 6.07) is 7.54. The lowest BCUT2D eigenvalue weighted by molar-refractivity contribution is -0.122. The predicted molar refractivity (Wildman–Crippen MR) is 86.8 cm³/mol. The Balaban J connectivity index is 1.58. The summed E-state index contributed by atoms with van der Waals surface area (Å²) in [6.45, 7) is 0.585. The highest BCUT2D eigenvalue weighted by Crippen LogP contribution is 2.43. The van der Waals surface area contributed by atoms with Gasteiger partial charge in [0.2, 0.25) is 11.8 Å². The van der Waals surface area contributed by atoms with Crippen LogP contribution < -0.4 is 15.4 Å². The van der Waals surface area contributed by atoms with Crippen LogP contribution in [-0.2, 0) is 16.0 Å². The van der Waals surface area contributed by atoms with E-state index in [9.17, 15) is 9.59 Å². The lowest BCUT2D eigenvalue weighted by Gasteiger charge is -2.36. The second kappa shape index (κ2) is 6.44. The number of carbonyl (C=O) groups excluding carboxylic acids is 2. The predicted octanol–water partition coefficient (Wildman–Crippen LogP) is 1.93. The third-order valence-electron chi connectivity index (χ3n) is 4.77. The van der Waals surface area contributed by atoms with Gasteiger partial charge in [-0.1, -0.05) is 18.2 Å². The van der Waals surface area contributed by atoms with E-state index in [4.69, 9.17) is 4.74 Å². The first-order valence-corrected chi connectivity index (χ1v) is 8.01. The number of hydrogen-bond acceptors (Lipinski definition) is 3. The van der Waals surface area contributed by atoms with Crippen LogP contribution in [0.1, 0.15) is 31.2 Å². The molecule has 23 heavy (non-hydrogen) atoms. The Bertz CT molecular complexity index is 653. The first kappa shape index (κ1) is 15.6. The highest BCUT2D eigenvalue weighted by molar-refractivity contribution is 5.80. The van der Waals surface area contributed by atoms with Gasteiger partial charge in [0.25, 0.3) is 0 Å². The second-order valence-corrected chi connectivity index (χ2v) is 6.29. The van der Waals surface area contributed by atoms with Gasteiger partial charge in [-0.3, -0.25) is 9.59 Å². The summed E-state index contributed by atoms with van der Waals surface area (Å²) in [6.07, 6.45) is 5.71. The Morgan fingerprint density at radius 1 is 1.39 bits per heavy atom. The summed E-state index contributed by atoms with van der Waals surface area (Å²) < 4.78 is 5.18. The average Bonchev–Trinajstić information content (AvgIpc) is 2.96. The van der Waals surface area contributed by atoms with Gasteiger partial charge in [-0.15, -0.1) is 0 Å². The number of rotatable bonds is 5. The smallest absolute Gasteiger partial charge is 0.224 e. The van der Waals surface area contributed by atoms with E-state index < -0.39 is 0 Å². The number of hydrogen-bond donors (Lipinski definition) is 2. The van der Waals surface area contributed by atoms with Gasteiger partial charge in [-0.05, 0) is 37.0 Å². The summed E-state index contributed by atoms with van der Waals surface area (Å²) in [5.41, 5.74) is 1.84. The van der Waals surface area contributed by atoms with Crippen molar-refractivity contribution in [2.75, 3.05) is 13.7 Å². The quantitative estimate of drug-likeness (QED) is 0.872. The molecule has 2 amide bonds. The van der Waals surface area contributed by atoms with Crippen LogP contribution in [0, 0.1) is 5.41 Å². The molecule has 5 heteroatoms. The van der Waals surface area contributed by atoms with Crippen LogP contribution in [0.5, 0.6) is 5.75 Å². The van der Waals surface area contributed by atoms with Gasteiger partial charge >= 0.3 is 0 Å². The molecule has 2 N–H and O–H groups in total. The molecule has 1 heterocycles. The number of piperidine rings is 1. The average molecular weight is 314 g/mol. The minimum atomic E-state index is -0.0854. The van der Waals surface area contributed by atoms with Crippen LogP contribution >= 0.6 is 0 Å². The molecule has 0 spiro atoms. The van der Waals surface area contributed by atoms with Gasteiger partial charge < -0.3 is 15.4 Å². The summed E-state index contributed by atoms with van der Waals surface area (Å²) in [4.78, 5) is 23.8. The molecule has 2 aliphatic rings. The maximum absolute atomic E-state index is 12.2. The summed E-state index contributed by atoms with van der Waals surface area (Å²) in [5.74, 6) is 0.831. The topological polar surface area (TPSA) is 67.4 Å². The number of amides is 2. The molecule has 0 radical (unpaired) electrons. The molecule has 1 unspecified atom stereocenters. The molecule has 1 saturated heterocycles. The van der Waals surface area contributed by atoms with Gasteiger partial charge in [0, 0.05) is 24.1 Å². The number of nitrogens with one attached hydrogen (secondary N) is 2. The molecule has 1 aliphatic carbocycles. The standard InChI is InChI=1S/C18H22N2O3/c1-23-14-5-2-4-13(10-14)11-17(22)19-12-18-8-3-6-15(18)20-16(21)7-9-18/h2,4-6,10H,3,7-9,11-12H2,1H3,(H,19,22)(H,20,21). The van der Waals surface area contributed by atoms with Crippen molar-refractivity contribution in [1.29, 1.82) is 0 Å². The Kier molecular flexibility index (Phi) is 4.37. The molecule has 3 rings (SSSR count). The maximum atomic E-state index is 12.2. The van der Waals surface area contributed by atoms with Crippen molar-refractivity contribution in [1.82, 2.24) is 10.6 Å². The Morgan fingerprint density at radius 3 is 3.09 bits per heavy atom. The SMILES string of the molecule is COc1cccc(CC(=O)NCC23CCC=C2NC(=O)CC3)c1. The van der Waals surface area contributed by atoms with Gasteiger partial charge in [-0.2, -0.15) is 0 Å². The van der Waals surface area contributed by atoms with Crippen molar-refractivity contribution in [2.24, 2.45) is 5.41 Å². The van der Waals surface area contributed by atoms with Crippen LogP contribution in [0.4, 0.5) is 0 Å². The van der Waals surface area contributed by atoms with Crippen molar-refractivity contribution in [3.63, 3.8) is 0 Å². The maximum Gasteiger partial charge on any atom is 0.224 e. The number of ether oxygens (including phenoxy) is 1. The van der Waals surface area contributed by atoms with Crippen LogP contribution in [0.2, 0.25) is 0 Å². The zero-order valence-electron chi connectivity index (χ0n) is 13.4. The molecule has 5 nitrogen and oxygen atoms in total. The fourth-order valence-electron chi connectivity index (χ4n) is 3.42. The van der Waals surface area contributed by atoms with Crippen molar-refractivity contribution in [2.45, 2.75) is 32.1 Å². The highest BCUT2D eigenvalue weighted by Gasteiger charge is 2.41. The van der Waals surface area contributed by atoms with E-state index in [2.05, 4.69) is 16.7 Å². The number of benzene rings is 1. The Labute approximate surface area is 136 Å². The van der Waals surface area contributed by atoms with Crippen molar-refractivity contribution in [3.05, 3.63) is 41.6 Å². The van der Waals surface area contributed by atoms with E-state index in [1.807, 2.05) is 24.3 Å². The van der Waals surface area contributed by atoms with E-state index in [0.717, 1.165) is 36.3 Å². The minimum Gasteiger partial charge on any atom is -0.497 e. The van der Waals surface area contributed by atoms with Crippen LogP contribution in [0.3, 0.4) is 0 Å². The van der Waals surface area contributed by atoms with Gasteiger partial charge in [0.15, 0.2) is 0 Å². The number of fused-ring (bicyclic) bond motifs is 1. The second-order valence-electron chi connectivity index (χ2n) is 6.29. The molecule has 0 aromatic heterocycles.